The first-order chi connectivity index (χ1) is 26.8. The van der Waals surface area contributed by atoms with Crippen LogP contribution < -0.4 is 5.73 Å². The molecule has 9 nitrogen and oxygen atoms in total. The molecule has 2 atom stereocenters. The van der Waals surface area contributed by atoms with Crippen LogP contribution in [0.1, 0.15) is 142 Å². The summed E-state index contributed by atoms with van der Waals surface area (Å²) in [6.45, 7) is 3.46. The van der Waals surface area contributed by atoms with E-state index in [1.165, 1.54) is 25.7 Å². The Morgan fingerprint density at radius 1 is 0.564 bits per heavy atom. The molecule has 312 valence electrons. The molecule has 0 saturated carbocycles. The van der Waals surface area contributed by atoms with Gasteiger partial charge < -0.3 is 20.1 Å². The molecule has 0 aliphatic carbocycles. The van der Waals surface area contributed by atoms with Crippen LogP contribution in [0.3, 0.4) is 0 Å². The highest BCUT2D eigenvalue weighted by molar-refractivity contribution is 7.47. The molecule has 0 bridgehead atoms. The number of allylic oxidation sites excluding steroid dienone is 16. The lowest BCUT2D eigenvalue weighted by Crippen LogP contribution is -2.29. The highest BCUT2D eigenvalue weighted by Gasteiger charge is 2.25. The largest absolute Gasteiger partial charge is 0.472 e. The number of ether oxygens (including phenoxy) is 2. The summed E-state index contributed by atoms with van der Waals surface area (Å²) in [5.41, 5.74) is 5.34. The summed E-state index contributed by atoms with van der Waals surface area (Å²) in [7, 11) is -4.40. The summed E-state index contributed by atoms with van der Waals surface area (Å²) in [4.78, 5) is 34.8. The van der Waals surface area contributed by atoms with Crippen LogP contribution in [0, 0.1) is 0 Å². The zero-order valence-corrected chi connectivity index (χ0v) is 35.0. The molecule has 0 aromatic heterocycles. The van der Waals surface area contributed by atoms with Gasteiger partial charge in [-0.15, -0.1) is 0 Å². The molecule has 0 saturated heterocycles. The van der Waals surface area contributed by atoms with Gasteiger partial charge in [-0.05, 0) is 89.9 Å². The molecule has 0 aliphatic heterocycles. The van der Waals surface area contributed by atoms with Gasteiger partial charge in [-0.25, -0.2) is 4.57 Å². The molecule has 0 aliphatic rings. The smallest absolute Gasteiger partial charge is 0.462 e. The lowest BCUT2D eigenvalue weighted by Gasteiger charge is -2.19. The van der Waals surface area contributed by atoms with E-state index >= 15 is 0 Å². The number of rotatable bonds is 37. The van der Waals surface area contributed by atoms with Crippen molar-refractivity contribution in [2.45, 2.75) is 148 Å². The Morgan fingerprint density at radius 3 is 1.53 bits per heavy atom. The van der Waals surface area contributed by atoms with Gasteiger partial charge in [0.2, 0.25) is 0 Å². The van der Waals surface area contributed by atoms with E-state index in [0.29, 0.717) is 19.3 Å². The molecule has 0 aromatic rings. The lowest BCUT2D eigenvalue weighted by molar-refractivity contribution is -0.161. The molecule has 0 rings (SSSR count). The maximum atomic E-state index is 12.5. The highest BCUT2D eigenvalue weighted by atomic mass is 31.2. The van der Waals surface area contributed by atoms with Gasteiger partial charge >= 0.3 is 19.8 Å². The number of esters is 2. The molecule has 0 aromatic carbocycles. The lowest BCUT2D eigenvalue weighted by atomic mass is 10.1. The van der Waals surface area contributed by atoms with Crippen LogP contribution in [0.4, 0.5) is 0 Å². The summed E-state index contributed by atoms with van der Waals surface area (Å²) < 4.78 is 32.6. The molecule has 3 N–H and O–H groups in total. The van der Waals surface area contributed by atoms with Crippen molar-refractivity contribution >= 4 is 19.8 Å². The number of carbonyl (C=O) groups excluding carboxylic acids is 2. The van der Waals surface area contributed by atoms with Gasteiger partial charge in [-0.1, -0.05) is 137 Å². The Hall–Kier alpha value is -3.07. The van der Waals surface area contributed by atoms with E-state index in [1.54, 1.807) is 0 Å². The Morgan fingerprint density at radius 2 is 1.02 bits per heavy atom. The van der Waals surface area contributed by atoms with Gasteiger partial charge in [0.25, 0.3) is 0 Å². The second-order valence-corrected chi connectivity index (χ2v) is 14.6. The normalized spacial score (nSPS) is 14.3. The van der Waals surface area contributed by atoms with Crippen LogP contribution in [0.15, 0.2) is 97.2 Å². The average molecular weight is 788 g/mol. The molecule has 10 heteroatoms. The third-order valence-corrected chi connectivity index (χ3v) is 8.94. The summed E-state index contributed by atoms with van der Waals surface area (Å²) in [6.07, 6.45) is 51.6. The van der Waals surface area contributed by atoms with Crippen molar-refractivity contribution in [3.63, 3.8) is 0 Å². The predicted molar refractivity (Wildman–Crippen MR) is 228 cm³/mol. The van der Waals surface area contributed by atoms with Crippen LogP contribution >= 0.6 is 7.82 Å². The minimum absolute atomic E-state index is 0.0354. The van der Waals surface area contributed by atoms with Gasteiger partial charge in [0.05, 0.1) is 13.2 Å². The van der Waals surface area contributed by atoms with E-state index < -0.39 is 32.5 Å². The number of phosphoric ester groups is 1. The quantitative estimate of drug-likeness (QED) is 0.0273. The predicted octanol–water partition coefficient (Wildman–Crippen LogP) is 11.8. The van der Waals surface area contributed by atoms with Crippen LogP contribution in [-0.4, -0.2) is 49.3 Å². The van der Waals surface area contributed by atoms with Crippen LogP contribution in [0.25, 0.3) is 0 Å². The summed E-state index contributed by atoms with van der Waals surface area (Å²) >= 11 is 0. The zero-order valence-electron chi connectivity index (χ0n) is 34.1. The first-order valence-corrected chi connectivity index (χ1v) is 22.2. The maximum absolute atomic E-state index is 12.5. The Bertz CT molecular complexity index is 1220. The zero-order chi connectivity index (χ0) is 40.3. The van der Waals surface area contributed by atoms with E-state index in [9.17, 15) is 19.0 Å². The fourth-order valence-electron chi connectivity index (χ4n) is 4.91. The minimum Gasteiger partial charge on any atom is -0.462 e. The fraction of sp³-hybridized carbons (Fsp3) is 0.600. The van der Waals surface area contributed by atoms with Crippen molar-refractivity contribution in [1.29, 1.82) is 0 Å². The Labute approximate surface area is 334 Å². The molecule has 0 heterocycles. The number of unbranched alkanes of at least 4 members (excludes halogenated alkanes) is 8. The van der Waals surface area contributed by atoms with E-state index in [4.69, 9.17) is 24.3 Å². The molecular weight excluding hydrogens is 713 g/mol. The standard InChI is InChI=1S/C45H74NO8P/c1-3-5-7-9-11-13-15-17-19-21-23-25-27-29-31-33-35-37-44(47)51-41-43(42-53-55(49,50)52-40-39-46)54-45(48)38-36-34-32-30-28-26-24-22-20-18-16-14-12-10-8-6-4-2/h6,8,11-14,17-20,23-26,30,32,43H,3-5,7,9-10,15-16,21-22,27-29,31,33-42,46H2,1-2H3,(H,49,50)/b8-6+,13-11+,14-12+,19-17+,20-18+,25-23+,26-24+,32-30+/t43-/m1/s1. The first-order valence-electron chi connectivity index (χ1n) is 20.7. The molecule has 0 spiro atoms. The van der Waals surface area contributed by atoms with Crippen molar-refractivity contribution in [3.05, 3.63) is 97.2 Å². The van der Waals surface area contributed by atoms with E-state index in [1.807, 2.05) is 6.08 Å². The molecule has 0 amide bonds. The first kappa shape index (κ1) is 51.9. The maximum Gasteiger partial charge on any atom is 0.472 e. The SMILES string of the molecule is CC/C=C/C/C=C/C/C=C/C/C=C/C/C=C/CCCC(=O)O[C@H](COC(=O)CCCCCC/C=C/C/C=C/C/C=C/CCCCC)COP(=O)(O)OCCN. The van der Waals surface area contributed by atoms with Crippen molar-refractivity contribution in [3.8, 4) is 0 Å². The van der Waals surface area contributed by atoms with E-state index in [-0.39, 0.29) is 32.6 Å². The van der Waals surface area contributed by atoms with Gasteiger partial charge in [-0.2, -0.15) is 0 Å². The molecule has 55 heavy (non-hydrogen) atoms. The van der Waals surface area contributed by atoms with Crippen molar-refractivity contribution in [2.75, 3.05) is 26.4 Å². The summed E-state index contributed by atoms with van der Waals surface area (Å²) in [5.74, 6) is -0.934. The number of hydrogen-bond donors (Lipinski definition) is 2. The van der Waals surface area contributed by atoms with Crippen LogP contribution in [0.5, 0.6) is 0 Å². The van der Waals surface area contributed by atoms with Crippen LogP contribution in [0.2, 0.25) is 0 Å². The van der Waals surface area contributed by atoms with Gasteiger partial charge in [0.1, 0.15) is 6.61 Å². The third kappa shape index (κ3) is 40.4. The summed E-state index contributed by atoms with van der Waals surface area (Å²) in [5, 5.41) is 0. The van der Waals surface area contributed by atoms with Gasteiger partial charge in [0.15, 0.2) is 6.10 Å². The molecule has 0 radical (unpaired) electrons. The fourth-order valence-corrected chi connectivity index (χ4v) is 5.67. The van der Waals surface area contributed by atoms with Crippen LogP contribution in [-0.2, 0) is 32.7 Å². The minimum atomic E-state index is -4.40. The van der Waals surface area contributed by atoms with Crippen molar-refractivity contribution in [2.24, 2.45) is 5.73 Å². The second-order valence-electron chi connectivity index (χ2n) is 13.1. The van der Waals surface area contributed by atoms with E-state index in [2.05, 4.69) is 105 Å². The van der Waals surface area contributed by atoms with Gasteiger partial charge in [-0.3, -0.25) is 18.6 Å². The molecular formula is C45H74NO8P. The molecule has 1 unspecified atom stereocenters. The Kier molecular flexibility index (Phi) is 38.3. The average Bonchev–Trinajstić information content (AvgIpc) is 3.17. The topological polar surface area (TPSA) is 134 Å². The number of hydrogen-bond acceptors (Lipinski definition) is 8. The second kappa shape index (κ2) is 40.6. The highest BCUT2D eigenvalue weighted by Crippen LogP contribution is 2.43. The third-order valence-electron chi connectivity index (χ3n) is 7.95. The van der Waals surface area contributed by atoms with Gasteiger partial charge in [0, 0.05) is 19.4 Å². The Balaban J connectivity index is 4.35. The number of phosphoric acid groups is 1. The molecule has 0 fully saturated rings. The number of carbonyl (C=O) groups is 2. The van der Waals surface area contributed by atoms with Crippen molar-refractivity contribution < 1.29 is 37.6 Å². The monoisotopic (exact) mass is 788 g/mol. The van der Waals surface area contributed by atoms with E-state index in [0.717, 1.165) is 70.6 Å². The summed E-state index contributed by atoms with van der Waals surface area (Å²) in [6, 6.07) is 0. The number of nitrogens with two attached hydrogens (primary N) is 1. The van der Waals surface area contributed by atoms with Crippen molar-refractivity contribution in [1.82, 2.24) is 0 Å².